The third kappa shape index (κ3) is 6.76. The van der Waals surface area contributed by atoms with Gasteiger partial charge in [-0.3, -0.25) is 0 Å². The number of aromatic nitrogens is 2. The number of carbonyl (C=O) groups excluding carboxylic acids is 1. The summed E-state index contributed by atoms with van der Waals surface area (Å²) in [4.78, 5) is 17.8. The van der Waals surface area contributed by atoms with Crippen molar-refractivity contribution in [3.8, 4) is 0 Å². The van der Waals surface area contributed by atoms with Gasteiger partial charge in [-0.25, -0.2) is 9.78 Å². The number of hydrogen-bond donors (Lipinski definition) is 0. The van der Waals surface area contributed by atoms with Gasteiger partial charge < -0.3 is 9.30 Å². The van der Waals surface area contributed by atoms with E-state index in [1.807, 2.05) is 25.2 Å². The van der Waals surface area contributed by atoms with E-state index in [1.165, 1.54) is 92.5 Å². The van der Waals surface area contributed by atoms with Crippen LogP contribution in [0, 0.1) is 13.8 Å². The van der Waals surface area contributed by atoms with Gasteiger partial charge in [0.25, 0.3) is 0 Å². The molecule has 4 heteroatoms. The number of esters is 1. The number of benzene rings is 2. The maximum absolute atomic E-state index is 12.8. The van der Waals surface area contributed by atoms with Crippen molar-refractivity contribution in [2.45, 2.75) is 104 Å². The molecule has 2 aromatic carbocycles. The molecule has 4 nitrogen and oxygen atoms in total. The Labute approximate surface area is 228 Å². The first-order valence-corrected chi connectivity index (χ1v) is 15.0. The largest absolute Gasteiger partial charge is 0.462 e. The average Bonchev–Trinajstić information content (AvgIpc) is 3.31. The molecular weight excluding hydrogens is 468 g/mol. The second-order valence-corrected chi connectivity index (χ2v) is 11.1. The summed E-state index contributed by atoms with van der Waals surface area (Å²) in [7, 11) is 2.05. The minimum Gasteiger partial charge on any atom is -0.462 e. The molecule has 38 heavy (non-hydrogen) atoms. The van der Waals surface area contributed by atoms with Crippen molar-refractivity contribution in [3.05, 3.63) is 53.3 Å². The molecular formula is C34H46N2O2. The fraction of sp³-hybridized carbons (Fsp3) is 0.529. The summed E-state index contributed by atoms with van der Waals surface area (Å²) in [6.45, 7) is 7.07. The van der Waals surface area contributed by atoms with E-state index < -0.39 is 0 Å². The molecule has 2 heterocycles. The van der Waals surface area contributed by atoms with Gasteiger partial charge in [0, 0.05) is 35.6 Å². The van der Waals surface area contributed by atoms with Crippen molar-refractivity contribution in [2.75, 3.05) is 6.61 Å². The molecule has 0 spiro atoms. The van der Waals surface area contributed by atoms with Gasteiger partial charge in [-0.15, -0.1) is 0 Å². The first kappa shape index (κ1) is 28.1. The normalized spacial score (nSPS) is 11.7. The summed E-state index contributed by atoms with van der Waals surface area (Å²) in [6.07, 6.45) is 21.3. The number of hydrogen-bond acceptors (Lipinski definition) is 3. The van der Waals surface area contributed by atoms with Crippen LogP contribution in [0.1, 0.15) is 112 Å². The van der Waals surface area contributed by atoms with Crippen LogP contribution in [0.3, 0.4) is 0 Å². The molecule has 4 rings (SSSR count). The maximum atomic E-state index is 12.8. The number of carbonyl (C=O) groups is 1. The molecule has 0 atom stereocenters. The van der Waals surface area contributed by atoms with E-state index in [-0.39, 0.29) is 5.97 Å². The molecule has 2 aromatic heterocycles. The summed E-state index contributed by atoms with van der Waals surface area (Å²) in [5, 5.41) is 4.63. The third-order valence-corrected chi connectivity index (χ3v) is 8.09. The second-order valence-electron chi connectivity index (χ2n) is 11.1. The van der Waals surface area contributed by atoms with Gasteiger partial charge >= 0.3 is 5.97 Å². The molecule has 204 valence electrons. The van der Waals surface area contributed by atoms with Crippen molar-refractivity contribution in [1.82, 2.24) is 9.55 Å². The number of aryl methyl sites for hydroxylation is 3. The van der Waals surface area contributed by atoms with Crippen LogP contribution in [0.2, 0.25) is 0 Å². The van der Waals surface area contributed by atoms with Crippen molar-refractivity contribution in [2.24, 2.45) is 7.05 Å². The van der Waals surface area contributed by atoms with Gasteiger partial charge in [0.05, 0.1) is 23.2 Å². The maximum Gasteiger partial charge on any atom is 0.338 e. The fourth-order valence-corrected chi connectivity index (χ4v) is 5.77. The zero-order chi connectivity index (χ0) is 26.9. The lowest BCUT2D eigenvalue weighted by atomic mass is 9.96. The Balaban J connectivity index is 1.25. The summed E-state index contributed by atoms with van der Waals surface area (Å²) < 4.78 is 7.72. The smallest absolute Gasteiger partial charge is 0.338 e. The number of fused-ring (bicyclic) bond motifs is 4. The quantitative estimate of drug-likeness (QED) is 0.117. The first-order valence-electron chi connectivity index (χ1n) is 15.0. The van der Waals surface area contributed by atoms with E-state index in [1.54, 1.807) is 0 Å². The minimum absolute atomic E-state index is 0.234. The molecule has 0 saturated carbocycles. The number of rotatable bonds is 15. The molecule has 4 aromatic rings. The first-order chi connectivity index (χ1) is 18.5. The summed E-state index contributed by atoms with van der Waals surface area (Å²) in [5.74, 6) is -0.234. The standard InChI is InChI=1S/C34H46N2O2/c1-5-6-7-8-9-10-11-12-13-14-15-16-17-22-38-34(37)27-18-19-31-29(23-27)32-25(2)30-24-36(4)21-20-28(30)26(3)33(32)35-31/h18-21,23-24H,5-17,22H2,1-4H3. The van der Waals surface area contributed by atoms with Crippen molar-refractivity contribution in [3.63, 3.8) is 0 Å². The van der Waals surface area contributed by atoms with Crippen LogP contribution in [0.25, 0.3) is 32.6 Å². The molecule has 0 bridgehead atoms. The van der Waals surface area contributed by atoms with E-state index in [9.17, 15) is 4.79 Å². The second kappa shape index (κ2) is 13.8. The summed E-state index contributed by atoms with van der Waals surface area (Å²) >= 11 is 0. The van der Waals surface area contributed by atoms with Gasteiger partial charge in [-0.05, 0) is 61.0 Å². The molecule has 0 N–H and O–H groups in total. The SMILES string of the molecule is CCCCCCCCCCCCCCCOC(=O)c1ccc2nc3c(C)c4ccn(C)cc4c(C)c3c2c1. The molecule has 0 fully saturated rings. The Morgan fingerprint density at radius 2 is 1.42 bits per heavy atom. The monoisotopic (exact) mass is 514 g/mol. The van der Waals surface area contributed by atoms with Gasteiger partial charge in [0.2, 0.25) is 0 Å². The number of unbranched alkanes of at least 4 members (excludes halogenated alkanes) is 12. The van der Waals surface area contributed by atoms with Crippen LogP contribution in [0.4, 0.5) is 0 Å². The van der Waals surface area contributed by atoms with Crippen LogP contribution in [0.15, 0.2) is 36.7 Å². The van der Waals surface area contributed by atoms with Crippen LogP contribution < -0.4 is 0 Å². The van der Waals surface area contributed by atoms with Gasteiger partial charge in [0.15, 0.2) is 0 Å². The van der Waals surface area contributed by atoms with Crippen LogP contribution in [-0.2, 0) is 11.8 Å². The number of nitrogens with zero attached hydrogens (tertiary/aromatic N) is 2. The highest BCUT2D eigenvalue weighted by molar-refractivity contribution is 6.17. The highest BCUT2D eigenvalue weighted by Crippen LogP contribution is 2.36. The molecule has 0 amide bonds. The van der Waals surface area contributed by atoms with E-state index >= 15 is 0 Å². The summed E-state index contributed by atoms with van der Waals surface area (Å²) in [6, 6.07) is 7.94. The fourth-order valence-electron chi connectivity index (χ4n) is 5.77. The molecule has 0 aliphatic carbocycles. The van der Waals surface area contributed by atoms with E-state index in [2.05, 4.69) is 43.8 Å². The molecule has 0 saturated heterocycles. The number of ether oxygens (including phenoxy) is 1. The van der Waals surface area contributed by atoms with Crippen molar-refractivity contribution >= 4 is 38.5 Å². The predicted octanol–water partition coefficient (Wildman–Crippen LogP) is 9.74. The topological polar surface area (TPSA) is 44.1 Å². The zero-order valence-corrected chi connectivity index (χ0v) is 24.1. The highest BCUT2D eigenvalue weighted by Gasteiger charge is 2.17. The molecule has 0 unspecified atom stereocenters. The van der Waals surface area contributed by atoms with Crippen LogP contribution in [-0.4, -0.2) is 22.1 Å². The molecule has 0 aliphatic rings. The summed E-state index contributed by atoms with van der Waals surface area (Å²) in [5.41, 5.74) is 4.95. The Kier molecular flexibility index (Phi) is 10.2. The van der Waals surface area contributed by atoms with E-state index in [0.29, 0.717) is 12.2 Å². The van der Waals surface area contributed by atoms with Crippen LogP contribution >= 0.6 is 0 Å². The Morgan fingerprint density at radius 1 is 0.789 bits per heavy atom. The van der Waals surface area contributed by atoms with Gasteiger partial charge in [0.1, 0.15) is 0 Å². The van der Waals surface area contributed by atoms with E-state index in [0.717, 1.165) is 34.6 Å². The third-order valence-electron chi connectivity index (χ3n) is 8.09. The zero-order valence-electron chi connectivity index (χ0n) is 24.1. The highest BCUT2D eigenvalue weighted by atomic mass is 16.5. The minimum atomic E-state index is -0.234. The van der Waals surface area contributed by atoms with E-state index in [4.69, 9.17) is 9.72 Å². The van der Waals surface area contributed by atoms with Crippen molar-refractivity contribution < 1.29 is 9.53 Å². The average molecular weight is 515 g/mol. The van der Waals surface area contributed by atoms with Crippen molar-refractivity contribution in [1.29, 1.82) is 0 Å². The van der Waals surface area contributed by atoms with Gasteiger partial charge in [-0.2, -0.15) is 0 Å². The lowest BCUT2D eigenvalue weighted by Crippen LogP contribution is -2.06. The lowest BCUT2D eigenvalue weighted by Gasteiger charge is -2.10. The Bertz CT molecular complexity index is 1370. The molecule has 0 aliphatic heterocycles. The lowest BCUT2D eigenvalue weighted by molar-refractivity contribution is 0.0498. The Hall–Kier alpha value is -2.88. The van der Waals surface area contributed by atoms with Gasteiger partial charge in [-0.1, -0.05) is 84.0 Å². The Morgan fingerprint density at radius 3 is 2.08 bits per heavy atom. The van der Waals surface area contributed by atoms with Crippen LogP contribution in [0.5, 0.6) is 0 Å². The molecule has 0 radical (unpaired) electrons. The number of pyridine rings is 1. The predicted molar refractivity (Wildman–Crippen MR) is 161 cm³/mol.